The Morgan fingerprint density at radius 3 is 2.60 bits per heavy atom. The molecule has 1 rings (SSSR count). The van der Waals surface area contributed by atoms with Crippen molar-refractivity contribution in [2.75, 3.05) is 13.7 Å². The number of methoxy groups -OCH3 is 1. The van der Waals surface area contributed by atoms with E-state index in [1.54, 1.807) is 7.11 Å². The van der Waals surface area contributed by atoms with Gasteiger partial charge in [-0.05, 0) is 32.4 Å². The zero-order valence-electron chi connectivity index (χ0n) is 12.7. The lowest BCUT2D eigenvalue weighted by Gasteiger charge is -2.12. The van der Waals surface area contributed by atoms with Crippen molar-refractivity contribution in [1.82, 2.24) is 5.32 Å². The van der Waals surface area contributed by atoms with Crippen LogP contribution in [0.1, 0.15) is 41.3 Å². The summed E-state index contributed by atoms with van der Waals surface area (Å²) in [5.74, 6) is -0.103. The summed E-state index contributed by atoms with van der Waals surface area (Å²) in [6.45, 7) is 6.20. The molecule has 1 amide bonds. The molecule has 0 fully saturated rings. The van der Waals surface area contributed by atoms with E-state index in [1.165, 1.54) is 0 Å². The van der Waals surface area contributed by atoms with Crippen molar-refractivity contribution in [3.63, 3.8) is 0 Å². The molecule has 0 aromatic heterocycles. The third kappa shape index (κ3) is 5.13. The average molecular weight is 277 g/mol. The first-order chi connectivity index (χ1) is 9.43. The second-order valence-corrected chi connectivity index (χ2v) is 5.17. The summed E-state index contributed by atoms with van der Waals surface area (Å²) in [7, 11) is 1.59. The molecule has 4 heteroatoms. The SMILES string of the molecule is COCC(C)NC(=O)CCC(=O)c1cc(C)ccc1C. The Kier molecular flexibility index (Phi) is 6.39. The molecular weight excluding hydrogens is 254 g/mol. The van der Waals surface area contributed by atoms with E-state index in [1.807, 2.05) is 39.0 Å². The number of carbonyl (C=O) groups is 2. The Morgan fingerprint density at radius 1 is 1.25 bits per heavy atom. The van der Waals surface area contributed by atoms with E-state index in [4.69, 9.17) is 4.74 Å². The van der Waals surface area contributed by atoms with Crippen LogP contribution in [0.4, 0.5) is 0 Å². The summed E-state index contributed by atoms with van der Waals surface area (Å²) in [4.78, 5) is 23.8. The fraction of sp³-hybridized carbons (Fsp3) is 0.500. The maximum atomic E-state index is 12.1. The van der Waals surface area contributed by atoms with Gasteiger partial charge in [-0.25, -0.2) is 0 Å². The minimum absolute atomic E-state index is 0.0146. The Labute approximate surface area is 120 Å². The molecule has 0 bridgehead atoms. The molecule has 4 nitrogen and oxygen atoms in total. The van der Waals surface area contributed by atoms with Crippen LogP contribution < -0.4 is 5.32 Å². The zero-order chi connectivity index (χ0) is 15.1. The van der Waals surface area contributed by atoms with Crippen LogP contribution in [0.5, 0.6) is 0 Å². The molecule has 20 heavy (non-hydrogen) atoms. The van der Waals surface area contributed by atoms with Gasteiger partial charge in [-0.15, -0.1) is 0 Å². The highest BCUT2D eigenvalue weighted by Gasteiger charge is 2.13. The van der Waals surface area contributed by atoms with Gasteiger partial charge in [-0.1, -0.05) is 17.7 Å². The Balaban J connectivity index is 2.51. The third-order valence-electron chi connectivity index (χ3n) is 3.10. The molecule has 0 saturated carbocycles. The lowest BCUT2D eigenvalue weighted by Crippen LogP contribution is -2.35. The maximum Gasteiger partial charge on any atom is 0.220 e. The molecule has 0 aliphatic heterocycles. The van der Waals surface area contributed by atoms with Crippen molar-refractivity contribution >= 4 is 11.7 Å². The Morgan fingerprint density at radius 2 is 1.95 bits per heavy atom. The summed E-state index contributed by atoms with van der Waals surface area (Å²) >= 11 is 0. The van der Waals surface area contributed by atoms with Gasteiger partial charge in [0.1, 0.15) is 0 Å². The topological polar surface area (TPSA) is 55.4 Å². The number of carbonyl (C=O) groups excluding carboxylic acids is 2. The van der Waals surface area contributed by atoms with Gasteiger partial charge in [0.25, 0.3) is 0 Å². The maximum absolute atomic E-state index is 12.1. The van der Waals surface area contributed by atoms with Crippen LogP contribution in [0.3, 0.4) is 0 Å². The van der Waals surface area contributed by atoms with E-state index in [0.29, 0.717) is 12.2 Å². The first-order valence-electron chi connectivity index (χ1n) is 6.82. The molecule has 110 valence electrons. The molecule has 1 aromatic rings. The van der Waals surface area contributed by atoms with Gasteiger partial charge in [0.15, 0.2) is 5.78 Å². The standard InChI is InChI=1S/C16H23NO3/c1-11-5-6-12(2)14(9-11)15(18)7-8-16(19)17-13(3)10-20-4/h5-6,9,13H,7-8,10H2,1-4H3,(H,17,19). The molecule has 1 aromatic carbocycles. The van der Waals surface area contributed by atoms with Gasteiger partial charge in [0.2, 0.25) is 5.91 Å². The van der Waals surface area contributed by atoms with E-state index < -0.39 is 0 Å². The zero-order valence-corrected chi connectivity index (χ0v) is 12.7. The predicted molar refractivity (Wildman–Crippen MR) is 79.0 cm³/mol. The smallest absolute Gasteiger partial charge is 0.220 e. The molecule has 0 aliphatic carbocycles. The minimum Gasteiger partial charge on any atom is -0.383 e. The van der Waals surface area contributed by atoms with Crippen LogP contribution in [0.2, 0.25) is 0 Å². The molecule has 1 unspecified atom stereocenters. The van der Waals surface area contributed by atoms with Crippen LogP contribution in [-0.4, -0.2) is 31.4 Å². The number of hydrogen-bond acceptors (Lipinski definition) is 3. The summed E-state index contributed by atoms with van der Waals surface area (Å²) in [6.07, 6.45) is 0.441. The third-order valence-corrected chi connectivity index (χ3v) is 3.10. The largest absolute Gasteiger partial charge is 0.383 e. The van der Waals surface area contributed by atoms with Crippen molar-refractivity contribution in [2.24, 2.45) is 0 Å². The Bertz CT molecular complexity index is 483. The van der Waals surface area contributed by atoms with Crippen molar-refractivity contribution in [2.45, 2.75) is 39.7 Å². The molecule has 0 aliphatic rings. The van der Waals surface area contributed by atoms with Crippen LogP contribution in [0, 0.1) is 13.8 Å². The lowest BCUT2D eigenvalue weighted by molar-refractivity contribution is -0.122. The molecule has 1 N–H and O–H groups in total. The van der Waals surface area contributed by atoms with Crippen LogP contribution >= 0.6 is 0 Å². The predicted octanol–water partition coefficient (Wildman–Crippen LogP) is 2.42. The fourth-order valence-corrected chi connectivity index (χ4v) is 2.04. The quantitative estimate of drug-likeness (QED) is 0.779. The van der Waals surface area contributed by atoms with E-state index in [0.717, 1.165) is 11.1 Å². The van der Waals surface area contributed by atoms with Crippen molar-refractivity contribution in [3.8, 4) is 0 Å². The second-order valence-electron chi connectivity index (χ2n) is 5.17. The van der Waals surface area contributed by atoms with E-state index in [-0.39, 0.29) is 30.6 Å². The minimum atomic E-state index is -0.117. The van der Waals surface area contributed by atoms with Gasteiger partial charge >= 0.3 is 0 Å². The monoisotopic (exact) mass is 277 g/mol. The first kappa shape index (κ1) is 16.4. The number of nitrogens with one attached hydrogen (secondary N) is 1. The first-order valence-corrected chi connectivity index (χ1v) is 6.82. The molecule has 1 atom stereocenters. The van der Waals surface area contributed by atoms with E-state index >= 15 is 0 Å². The fourth-order valence-electron chi connectivity index (χ4n) is 2.04. The average Bonchev–Trinajstić information content (AvgIpc) is 2.39. The molecule has 0 radical (unpaired) electrons. The number of benzene rings is 1. The number of hydrogen-bond donors (Lipinski definition) is 1. The van der Waals surface area contributed by atoms with Gasteiger partial charge in [0.05, 0.1) is 6.61 Å². The van der Waals surface area contributed by atoms with E-state index in [2.05, 4.69) is 5.32 Å². The number of aryl methyl sites for hydroxylation is 2. The number of ether oxygens (including phenoxy) is 1. The number of amides is 1. The molecule has 0 spiro atoms. The normalized spacial score (nSPS) is 12.0. The highest BCUT2D eigenvalue weighted by Crippen LogP contribution is 2.13. The molecule has 0 heterocycles. The second kappa shape index (κ2) is 7.80. The number of ketones is 1. The summed E-state index contributed by atoms with van der Waals surface area (Å²) < 4.78 is 4.95. The van der Waals surface area contributed by atoms with Gasteiger partial charge in [-0.3, -0.25) is 9.59 Å². The van der Waals surface area contributed by atoms with Crippen molar-refractivity contribution < 1.29 is 14.3 Å². The summed E-state index contributed by atoms with van der Waals surface area (Å²) in [5, 5.41) is 2.80. The molecular formula is C16H23NO3. The van der Waals surface area contributed by atoms with Gasteiger partial charge in [-0.2, -0.15) is 0 Å². The van der Waals surface area contributed by atoms with Crippen LogP contribution in [0.25, 0.3) is 0 Å². The lowest BCUT2D eigenvalue weighted by atomic mass is 9.99. The summed E-state index contributed by atoms with van der Waals surface area (Å²) in [5.41, 5.74) is 2.72. The highest BCUT2D eigenvalue weighted by atomic mass is 16.5. The molecule has 0 saturated heterocycles. The van der Waals surface area contributed by atoms with Crippen LogP contribution in [-0.2, 0) is 9.53 Å². The van der Waals surface area contributed by atoms with Crippen molar-refractivity contribution in [1.29, 1.82) is 0 Å². The Hall–Kier alpha value is -1.68. The van der Waals surface area contributed by atoms with Gasteiger partial charge in [0, 0.05) is 31.6 Å². The van der Waals surface area contributed by atoms with E-state index in [9.17, 15) is 9.59 Å². The highest BCUT2D eigenvalue weighted by molar-refractivity contribution is 5.99. The number of Topliss-reactive ketones (excluding diaryl/α,β-unsaturated/α-hetero) is 1. The van der Waals surface area contributed by atoms with Crippen LogP contribution in [0.15, 0.2) is 18.2 Å². The number of rotatable bonds is 7. The van der Waals surface area contributed by atoms with Crippen molar-refractivity contribution in [3.05, 3.63) is 34.9 Å². The summed E-state index contributed by atoms with van der Waals surface area (Å²) in [6, 6.07) is 5.75. The van der Waals surface area contributed by atoms with Gasteiger partial charge < -0.3 is 10.1 Å².